The van der Waals surface area contributed by atoms with Gasteiger partial charge in [0, 0.05) is 23.7 Å². The highest BCUT2D eigenvalue weighted by atomic mass is 16.5. The van der Waals surface area contributed by atoms with E-state index in [0.717, 1.165) is 5.75 Å². The number of ether oxygens (including phenoxy) is 1. The lowest BCUT2D eigenvalue weighted by atomic mass is 9.98. The molecule has 0 amide bonds. The summed E-state index contributed by atoms with van der Waals surface area (Å²) in [5.74, 6) is 0.968. The molecule has 1 fully saturated rings. The highest BCUT2D eigenvalue weighted by molar-refractivity contribution is 5.35. The van der Waals surface area contributed by atoms with Gasteiger partial charge in [-0.25, -0.2) is 0 Å². The van der Waals surface area contributed by atoms with Crippen LogP contribution < -0.4 is 15.4 Å². The maximum absolute atomic E-state index is 5.45. The van der Waals surface area contributed by atoms with E-state index in [4.69, 9.17) is 4.74 Å². The van der Waals surface area contributed by atoms with Crippen molar-refractivity contribution in [3.05, 3.63) is 29.8 Å². The smallest absolute Gasteiger partial charge is 0.123 e. The van der Waals surface area contributed by atoms with Crippen molar-refractivity contribution >= 4 is 0 Å². The van der Waals surface area contributed by atoms with Gasteiger partial charge in [0.2, 0.25) is 0 Å². The summed E-state index contributed by atoms with van der Waals surface area (Å²) in [5.41, 5.74) is 1.23. The number of benzene rings is 1. The lowest BCUT2D eigenvalue weighted by Crippen LogP contribution is -2.40. The highest BCUT2D eigenvalue weighted by Gasteiger charge is 2.18. The SMILES string of the molecule is COc1ccccc1C(C)NC(C)CC1CCCCN1. The topological polar surface area (TPSA) is 33.3 Å². The molecular formula is C17H28N2O. The van der Waals surface area contributed by atoms with Crippen LogP contribution in [0.2, 0.25) is 0 Å². The first-order valence-electron chi connectivity index (χ1n) is 7.83. The van der Waals surface area contributed by atoms with Crippen LogP contribution in [0, 0.1) is 0 Å². The van der Waals surface area contributed by atoms with E-state index < -0.39 is 0 Å². The maximum Gasteiger partial charge on any atom is 0.123 e. The van der Waals surface area contributed by atoms with Gasteiger partial charge < -0.3 is 15.4 Å². The molecule has 3 atom stereocenters. The predicted molar refractivity (Wildman–Crippen MR) is 84.3 cm³/mol. The zero-order valence-electron chi connectivity index (χ0n) is 13.0. The molecule has 3 unspecified atom stereocenters. The average molecular weight is 276 g/mol. The summed E-state index contributed by atoms with van der Waals surface area (Å²) in [5, 5.41) is 7.32. The van der Waals surface area contributed by atoms with Gasteiger partial charge in [-0.1, -0.05) is 24.6 Å². The number of nitrogens with one attached hydrogen (secondary N) is 2. The molecule has 1 aliphatic heterocycles. The Kier molecular flexibility index (Phi) is 5.86. The van der Waals surface area contributed by atoms with Crippen LogP contribution in [0.15, 0.2) is 24.3 Å². The Morgan fingerprint density at radius 1 is 1.30 bits per heavy atom. The third-order valence-corrected chi connectivity index (χ3v) is 4.19. The van der Waals surface area contributed by atoms with Crippen LogP contribution >= 0.6 is 0 Å². The van der Waals surface area contributed by atoms with Crippen molar-refractivity contribution in [3.8, 4) is 5.75 Å². The molecule has 0 aromatic heterocycles. The highest BCUT2D eigenvalue weighted by Crippen LogP contribution is 2.25. The van der Waals surface area contributed by atoms with Crippen molar-refractivity contribution in [2.45, 2.75) is 57.7 Å². The van der Waals surface area contributed by atoms with Crippen molar-refractivity contribution < 1.29 is 4.74 Å². The quantitative estimate of drug-likeness (QED) is 0.836. The normalized spacial score (nSPS) is 22.2. The van der Waals surface area contributed by atoms with E-state index >= 15 is 0 Å². The van der Waals surface area contributed by atoms with Gasteiger partial charge in [-0.05, 0) is 45.7 Å². The Hall–Kier alpha value is -1.06. The molecule has 3 nitrogen and oxygen atoms in total. The number of rotatable bonds is 6. The largest absolute Gasteiger partial charge is 0.496 e. The molecule has 1 aliphatic rings. The van der Waals surface area contributed by atoms with Crippen LogP contribution in [0.25, 0.3) is 0 Å². The van der Waals surface area contributed by atoms with E-state index in [0.29, 0.717) is 18.1 Å². The van der Waals surface area contributed by atoms with Gasteiger partial charge in [-0.3, -0.25) is 0 Å². The summed E-state index contributed by atoms with van der Waals surface area (Å²) in [7, 11) is 1.74. The molecule has 2 rings (SSSR count). The van der Waals surface area contributed by atoms with Crippen LogP contribution in [0.1, 0.15) is 51.1 Å². The van der Waals surface area contributed by atoms with Crippen molar-refractivity contribution in [1.29, 1.82) is 0 Å². The number of methoxy groups -OCH3 is 1. The van der Waals surface area contributed by atoms with Crippen LogP contribution in [0.5, 0.6) is 5.75 Å². The van der Waals surface area contributed by atoms with Crippen LogP contribution in [-0.4, -0.2) is 25.7 Å². The first kappa shape index (κ1) is 15.3. The van der Waals surface area contributed by atoms with Gasteiger partial charge in [0.25, 0.3) is 0 Å². The zero-order chi connectivity index (χ0) is 14.4. The summed E-state index contributed by atoms with van der Waals surface area (Å²) in [6.45, 7) is 5.67. The second kappa shape index (κ2) is 7.65. The molecule has 0 spiro atoms. The van der Waals surface area contributed by atoms with E-state index in [1.807, 2.05) is 12.1 Å². The summed E-state index contributed by atoms with van der Waals surface area (Å²) in [6.07, 6.45) is 5.21. The van der Waals surface area contributed by atoms with Gasteiger partial charge >= 0.3 is 0 Å². The first-order valence-corrected chi connectivity index (χ1v) is 7.83. The molecule has 20 heavy (non-hydrogen) atoms. The molecule has 1 aromatic carbocycles. The van der Waals surface area contributed by atoms with Gasteiger partial charge in [0.15, 0.2) is 0 Å². The molecule has 0 saturated carbocycles. The minimum absolute atomic E-state index is 0.310. The molecule has 2 N–H and O–H groups in total. The Balaban J connectivity index is 1.87. The molecular weight excluding hydrogens is 248 g/mol. The van der Waals surface area contributed by atoms with E-state index in [-0.39, 0.29) is 0 Å². The molecule has 1 saturated heterocycles. The zero-order valence-corrected chi connectivity index (χ0v) is 13.0. The number of para-hydroxylation sites is 1. The molecule has 1 aromatic rings. The second-order valence-electron chi connectivity index (χ2n) is 5.91. The van der Waals surface area contributed by atoms with E-state index in [1.165, 1.54) is 37.8 Å². The van der Waals surface area contributed by atoms with E-state index in [1.54, 1.807) is 7.11 Å². The number of hydrogen-bond acceptors (Lipinski definition) is 3. The summed E-state index contributed by atoms with van der Waals surface area (Å²) < 4.78 is 5.45. The predicted octanol–water partition coefficient (Wildman–Crippen LogP) is 3.27. The lowest BCUT2D eigenvalue weighted by molar-refractivity contribution is 0.331. The van der Waals surface area contributed by atoms with Crippen molar-refractivity contribution in [2.75, 3.05) is 13.7 Å². The Morgan fingerprint density at radius 2 is 2.10 bits per heavy atom. The molecule has 0 aliphatic carbocycles. The molecule has 1 heterocycles. The van der Waals surface area contributed by atoms with Crippen molar-refractivity contribution in [2.24, 2.45) is 0 Å². The third-order valence-electron chi connectivity index (χ3n) is 4.19. The Labute approximate surface area is 123 Å². The average Bonchev–Trinajstić information content (AvgIpc) is 2.48. The number of hydrogen-bond donors (Lipinski definition) is 2. The van der Waals surface area contributed by atoms with Crippen molar-refractivity contribution in [3.63, 3.8) is 0 Å². The minimum Gasteiger partial charge on any atom is -0.496 e. The minimum atomic E-state index is 0.310. The summed E-state index contributed by atoms with van der Waals surface area (Å²) in [4.78, 5) is 0. The van der Waals surface area contributed by atoms with Crippen LogP contribution in [0.3, 0.4) is 0 Å². The maximum atomic E-state index is 5.45. The van der Waals surface area contributed by atoms with Gasteiger partial charge in [0.05, 0.1) is 7.11 Å². The van der Waals surface area contributed by atoms with E-state index in [2.05, 4.69) is 36.6 Å². The van der Waals surface area contributed by atoms with Crippen LogP contribution in [-0.2, 0) is 0 Å². The second-order valence-corrected chi connectivity index (χ2v) is 5.91. The molecule has 0 radical (unpaired) electrons. The summed E-state index contributed by atoms with van der Waals surface area (Å²) >= 11 is 0. The lowest BCUT2D eigenvalue weighted by Gasteiger charge is -2.28. The van der Waals surface area contributed by atoms with Crippen LogP contribution in [0.4, 0.5) is 0 Å². The summed E-state index contributed by atoms with van der Waals surface area (Å²) in [6, 6.07) is 9.75. The molecule has 0 bridgehead atoms. The first-order chi connectivity index (χ1) is 9.70. The standard InChI is InChI=1S/C17H28N2O/c1-13(12-15-8-6-7-11-18-15)19-14(2)16-9-4-5-10-17(16)20-3/h4-5,9-10,13-15,18-19H,6-8,11-12H2,1-3H3. The van der Waals surface area contributed by atoms with Crippen molar-refractivity contribution in [1.82, 2.24) is 10.6 Å². The molecule has 3 heteroatoms. The third kappa shape index (κ3) is 4.22. The van der Waals surface area contributed by atoms with Gasteiger partial charge in [0.1, 0.15) is 5.75 Å². The molecule has 112 valence electrons. The van der Waals surface area contributed by atoms with Gasteiger partial charge in [-0.15, -0.1) is 0 Å². The Bertz CT molecular complexity index is 402. The fourth-order valence-electron chi connectivity index (χ4n) is 3.16. The fourth-order valence-corrected chi connectivity index (χ4v) is 3.16. The monoisotopic (exact) mass is 276 g/mol. The number of piperidine rings is 1. The fraction of sp³-hybridized carbons (Fsp3) is 0.647. The Morgan fingerprint density at radius 3 is 2.80 bits per heavy atom. The van der Waals surface area contributed by atoms with Gasteiger partial charge in [-0.2, -0.15) is 0 Å². The van der Waals surface area contributed by atoms with E-state index in [9.17, 15) is 0 Å².